The van der Waals surface area contributed by atoms with Gasteiger partial charge in [-0.15, -0.1) is 0 Å². The van der Waals surface area contributed by atoms with Crippen molar-refractivity contribution in [3.8, 4) is 5.82 Å². The highest BCUT2D eigenvalue weighted by atomic mass is 35.5. The van der Waals surface area contributed by atoms with E-state index in [1.54, 1.807) is 30.2 Å². The van der Waals surface area contributed by atoms with Crippen molar-refractivity contribution in [3.05, 3.63) is 29.2 Å². The van der Waals surface area contributed by atoms with E-state index in [-0.39, 0.29) is 23.4 Å². The second-order valence-electron chi connectivity index (χ2n) is 10.1. The van der Waals surface area contributed by atoms with Crippen LogP contribution in [0.2, 0.25) is 5.02 Å². The maximum atomic E-state index is 13.4. The van der Waals surface area contributed by atoms with Crippen LogP contribution >= 0.6 is 11.6 Å². The van der Waals surface area contributed by atoms with Gasteiger partial charge in [-0.25, -0.2) is 9.36 Å². The van der Waals surface area contributed by atoms with Crippen molar-refractivity contribution in [2.75, 3.05) is 0 Å². The van der Waals surface area contributed by atoms with Crippen molar-refractivity contribution in [2.24, 2.45) is 17.8 Å². The summed E-state index contributed by atoms with van der Waals surface area (Å²) in [6, 6.07) is 0.461. The number of aromatic nitrogens is 4. The van der Waals surface area contributed by atoms with E-state index in [0.717, 1.165) is 44.9 Å². The summed E-state index contributed by atoms with van der Waals surface area (Å²) in [6.07, 6.45) is 12.3. The minimum Gasteiger partial charge on any atom is -0.351 e. The molecule has 2 heterocycles. The monoisotopic (exact) mass is 442 g/mol. The fraction of sp³-hybridized carbons (Fsp3) is 0.636. The number of hydrogen-bond donors (Lipinski definition) is 2. The predicted octanol–water partition coefficient (Wildman–Crippen LogP) is 2.87. The van der Waals surface area contributed by atoms with Gasteiger partial charge in [-0.1, -0.05) is 11.6 Å². The van der Waals surface area contributed by atoms with Gasteiger partial charge in [0.1, 0.15) is 5.56 Å². The molecule has 0 aromatic carbocycles. The maximum Gasteiger partial charge on any atom is 0.256 e. The third-order valence-corrected chi connectivity index (χ3v) is 7.88. The van der Waals surface area contributed by atoms with Crippen molar-refractivity contribution in [2.45, 2.75) is 69.5 Å². The summed E-state index contributed by atoms with van der Waals surface area (Å²) >= 11 is 6.10. The van der Waals surface area contributed by atoms with E-state index in [1.165, 1.54) is 0 Å². The van der Waals surface area contributed by atoms with E-state index in [2.05, 4.69) is 20.8 Å². The van der Waals surface area contributed by atoms with E-state index in [1.807, 2.05) is 4.68 Å². The quantitative estimate of drug-likeness (QED) is 0.744. The molecule has 5 aliphatic carbocycles. The first-order valence-electron chi connectivity index (χ1n) is 11.3. The average molecular weight is 443 g/mol. The molecule has 2 N–H and O–H groups in total. The third-order valence-electron chi connectivity index (χ3n) is 7.69. The molecule has 2 atom stereocenters. The minimum absolute atomic E-state index is 0.0533. The van der Waals surface area contributed by atoms with Crippen LogP contribution in [-0.4, -0.2) is 43.0 Å². The van der Waals surface area contributed by atoms with Crippen molar-refractivity contribution in [1.29, 1.82) is 0 Å². The van der Waals surface area contributed by atoms with Gasteiger partial charge in [0.25, 0.3) is 5.91 Å². The second-order valence-corrected chi connectivity index (χ2v) is 10.5. The smallest absolute Gasteiger partial charge is 0.256 e. The molecule has 7 rings (SSSR count). The Kier molecular flexibility index (Phi) is 4.26. The largest absolute Gasteiger partial charge is 0.351 e. The lowest BCUT2D eigenvalue weighted by molar-refractivity contribution is -0.125. The first kappa shape index (κ1) is 19.3. The van der Waals surface area contributed by atoms with Crippen LogP contribution in [0.25, 0.3) is 5.82 Å². The van der Waals surface area contributed by atoms with Gasteiger partial charge in [0, 0.05) is 18.5 Å². The molecule has 2 amide bonds. The summed E-state index contributed by atoms with van der Waals surface area (Å²) in [5.41, 5.74) is 0.467. The zero-order chi connectivity index (χ0) is 21.3. The molecule has 0 aliphatic heterocycles. The van der Waals surface area contributed by atoms with E-state index in [0.29, 0.717) is 40.2 Å². The highest BCUT2D eigenvalue weighted by molar-refractivity contribution is 6.30. The Bertz CT molecular complexity index is 1040. The molecule has 5 aliphatic rings. The average Bonchev–Trinajstić information content (AvgIpc) is 3.29. The normalized spacial score (nSPS) is 33.5. The Morgan fingerprint density at radius 1 is 1.13 bits per heavy atom. The van der Waals surface area contributed by atoms with Gasteiger partial charge in [0.05, 0.1) is 29.7 Å². The number of carbonyl (C=O) groups is 2. The zero-order valence-corrected chi connectivity index (χ0v) is 18.3. The molecule has 31 heavy (non-hydrogen) atoms. The third kappa shape index (κ3) is 3.26. The van der Waals surface area contributed by atoms with Crippen LogP contribution in [0.4, 0.5) is 0 Å². The standard InChI is InChI=1S/C22H27ClN6O2/c1-12(30)27-22-6-13-4-14(7-22)19(15(5-13)8-22)26-20(31)18-10-25-29(17-2-3-17)21(18)28-11-16(23)9-24-28/h9-11,13-15,17,19H,2-8H2,1H3,(H,26,31)(H,27,30)/t13?,14?,15?,19-,22-. The predicted molar refractivity (Wildman–Crippen MR) is 114 cm³/mol. The highest BCUT2D eigenvalue weighted by Crippen LogP contribution is 2.55. The molecule has 2 aromatic heterocycles. The second kappa shape index (κ2) is 6.82. The Morgan fingerprint density at radius 3 is 2.48 bits per heavy atom. The first-order chi connectivity index (χ1) is 14.9. The van der Waals surface area contributed by atoms with Gasteiger partial charge < -0.3 is 10.6 Å². The van der Waals surface area contributed by atoms with E-state index in [4.69, 9.17) is 11.6 Å². The van der Waals surface area contributed by atoms with Gasteiger partial charge in [-0.2, -0.15) is 10.2 Å². The molecule has 2 aromatic rings. The molecule has 0 saturated heterocycles. The maximum absolute atomic E-state index is 13.4. The summed E-state index contributed by atoms with van der Waals surface area (Å²) in [7, 11) is 0. The summed E-state index contributed by atoms with van der Waals surface area (Å²) < 4.78 is 3.56. The number of carbonyl (C=O) groups excluding carboxylic acids is 2. The van der Waals surface area contributed by atoms with E-state index < -0.39 is 0 Å². The highest BCUT2D eigenvalue weighted by Gasteiger charge is 2.56. The minimum atomic E-state index is -0.0976. The van der Waals surface area contributed by atoms with Crippen LogP contribution < -0.4 is 10.6 Å². The Labute approximate surface area is 185 Å². The number of amides is 2. The zero-order valence-electron chi connectivity index (χ0n) is 17.6. The molecular formula is C22H27ClN6O2. The van der Waals surface area contributed by atoms with Gasteiger partial charge in [0.2, 0.25) is 5.91 Å². The van der Waals surface area contributed by atoms with Gasteiger partial charge >= 0.3 is 0 Å². The van der Waals surface area contributed by atoms with Crippen molar-refractivity contribution in [1.82, 2.24) is 30.2 Å². The molecule has 4 bridgehead atoms. The Balaban J connectivity index is 1.26. The van der Waals surface area contributed by atoms with Crippen molar-refractivity contribution in [3.63, 3.8) is 0 Å². The number of nitrogens with zero attached hydrogens (tertiary/aromatic N) is 4. The summed E-state index contributed by atoms with van der Waals surface area (Å²) in [5.74, 6) is 2.10. The van der Waals surface area contributed by atoms with E-state index in [9.17, 15) is 9.59 Å². The molecule has 0 radical (unpaired) electrons. The van der Waals surface area contributed by atoms with Crippen molar-refractivity contribution >= 4 is 23.4 Å². The van der Waals surface area contributed by atoms with Crippen LogP contribution in [-0.2, 0) is 4.79 Å². The summed E-state index contributed by atoms with van der Waals surface area (Å²) in [6.45, 7) is 1.61. The van der Waals surface area contributed by atoms with Crippen LogP contribution in [0, 0.1) is 17.8 Å². The topological polar surface area (TPSA) is 93.8 Å². The Morgan fingerprint density at radius 2 is 1.87 bits per heavy atom. The van der Waals surface area contributed by atoms with E-state index >= 15 is 0 Å². The lowest BCUT2D eigenvalue weighted by atomic mass is 9.51. The number of hydrogen-bond acceptors (Lipinski definition) is 4. The van der Waals surface area contributed by atoms with Gasteiger partial charge in [-0.05, 0) is 62.7 Å². The van der Waals surface area contributed by atoms with Crippen LogP contribution in [0.1, 0.15) is 68.3 Å². The molecule has 9 heteroatoms. The molecule has 0 spiro atoms. The number of halogens is 1. The number of nitrogens with one attached hydrogen (secondary N) is 2. The SMILES string of the molecule is CC(=O)N[C@]12CC3CC(C1)[C@@H](NC(=O)c1cnn(C4CC4)c1-n1cc(Cl)cn1)C(C3)C2. The van der Waals surface area contributed by atoms with Gasteiger partial charge in [-0.3, -0.25) is 9.59 Å². The molecular weight excluding hydrogens is 416 g/mol. The lowest BCUT2D eigenvalue weighted by Gasteiger charge is -2.60. The molecule has 2 unspecified atom stereocenters. The molecule has 164 valence electrons. The fourth-order valence-corrected chi connectivity index (χ4v) is 6.90. The van der Waals surface area contributed by atoms with Crippen LogP contribution in [0.3, 0.4) is 0 Å². The van der Waals surface area contributed by atoms with Crippen molar-refractivity contribution < 1.29 is 9.59 Å². The molecule has 5 saturated carbocycles. The first-order valence-corrected chi connectivity index (χ1v) is 11.7. The summed E-state index contributed by atoms with van der Waals surface area (Å²) in [4.78, 5) is 25.2. The van der Waals surface area contributed by atoms with Gasteiger partial charge in [0.15, 0.2) is 5.82 Å². The summed E-state index contributed by atoms with van der Waals surface area (Å²) in [5, 5.41) is 16.0. The molecule has 5 fully saturated rings. The van der Waals surface area contributed by atoms with Crippen LogP contribution in [0.15, 0.2) is 18.6 Å². The molecule has 8 nitrogen and oxygen atoms in total. The van der Waals surface area contributed by atoms with Crippen LogP contribution in [0.5, 0.6) is 0 Å². The lowest BCUT2D eigenvalue weighted by Crippen LogP contribution is -2.66. The Hall–Kier alpha value is -2.35. The number of rotatable bonds is 5. The fourth-order valence-electron chi connectivity index (χ4n) is 6.76.